The molecule has 1 N–H and O–H groups in total. The third-order valence-corrected chi connectivity index (χ3v) is 3.43. The van der Waals surface area contributed by atoms with Crippen molar-refractivity contribution in [2.45, 2.75) is 39.7 Å². The Bertz CT molecular complexity index is 486. The van der Waals surface area contributed by atoms with Gasteiger partial charge in [-0.05, 0) is 39.5 Å². The fraction of sp³-hybridized carbons (Fsp3) is 0.643. The van der Waals surface area contributed by atoms with Crippen LogP contribution in [0.5, 0.6) is 0 Å². The highest BCUT2D eigenvalue weighted by atomic mass is 16.6. The lowest BCUT2D eigenvalue weighted by Gasteiger charge is -2.28. The molecule has 0 radical (unpaired) electrons. The summed E-state index contributed by atoms with van der Waals surface area (Å²) in [6.07, 6.45) is 2.50. The zero-order valence-electron chi connectivity index (χ0n) is 12.3. The van der Waals surface area contributed by atoms with Gasteiger partial charge in [0.05, 0.1) is 17.1 Å². The number of nitrogens with one attached hydrogen (secondary N) is 1. The Labute approximate surface area is 119 Å². The fourth-order valence-corrected chi connectivity index (χ4v) is 2.17. The zero-order chi connectivity index (χ0) is 14.7. The first-order valence-corrected chi connectivity index (χ1v) is 7.18. The normalized spacial score (nSPS) is 14.4. The van der Waals surface area contributed by atoms with Gasteiger partial charge in [0.2, 0.25) is 0 Å². The molecule has 1 aliphatic rings. The Morgan fingerprint density at radius 1 is 1.50 bits per heavy atom. The minimum absolute atomic E-state index is 0.0902. The molecule has 1 aromatic heterocycles. The quantitative estimate of drug-likeness (QED) is 0.613. The Hall–Kier alpha value is -1.85. The monoisotopic (exact) mass is 278 g/mol. The van der Waals surface area contributed by atoms with Gasteiger partial charge >= 0.3 is 0 Å². The molecule has 0 unspecified atom stereocenters. The fourth-order valence-electron chi connectivity index (χ4n) is 2.17. The number of hydrogen-bond donors (Lipinski definition) is 1. The average molecular weight is 278 g/mol. The van der Waals surface area contributed by atoms with Crippen LogP contribution in [-0.4, -0.2) is 29.0 Å². The highest BCUT2D eigenvalue weighted by Crippen LogP contribution is 2.33. The molecule has 0 aliphatic heterocycles. The summed E-state index contributed by atoms with van der Waals surface area (Å²) < 4.78 is 0. The summed E-state index contributed by atoms with van der Waals surface area (Å²) in [5, 5.41) is 14.1. The van der Waals surface area contributed by atoms with E-state index >= 15 is 0 Å². The van der Waals surface area contributed by atoms with Crippen molar-refractivity contribution in [3.8, 4) is 0 Å². The van der Waals surface area contributed by atoms with E-state index in [1.807, 2.05) is 6.92 Å². The topological polar surface area (TPSA) is 71.3 Å². The van der Waals surface area contributed by atoms with Gasteiger partial charge in [0, 0.05) is 19.1 Å². The van der Waals surface area contributed by atoms with E-state index in [2.05, 4.69) is 29.0 Å². The molecule has 1 aliphatic carbocycles. The van der Waals surface area contributed by atoms with Crippen LogP contribution in [0.15, 0.2) is 12.1 Å². The van der Waals surface area contributed by atoms with Gasteiger partial charge in [-0.1, -0.05) is 0 Å². The molecule has 110 valence electrons. The molecule has 0 atom stereocenters. The molecule has 0 aromatic carbocycles. The van der Waals surface area contributed by atoms with Crippen molar-refractivity contribution in [2.24, 2.45) is 5.92 Å². The molecule has 0 spiro atoms. The molecular weight excluding hydrogens is 256 g/mol. The minimum Gasteiger partial charge on any atom is -0.370 e. The van der Waals surface area contributed by atoms with E-state index in [4.69, 9.17) is 0 Å². The molecule has 0 saturated heterocycles. The van der Waals surface area contributed by atoms with Crippen molar-refractivity contribution in [3.63, 3.8) is 0 Å². The Morgan fingerprint density at radius 2 is 2.20 bits per heavy atom. The SMILES string of the molecule is CCNc1cc([N+](=O)[O-])cc(N(CC2CC2)C(C)C)n1. The number of hydrogen-bond acceptors (Lipinski definition) is 5. The molecular formula is C14H22N4O2. The van der Waals surface area contributed by atoms with Gasteiger partial charge in [-0.2, -0.15) is 0 Å². The van der Waals surface area contributed by atoms with Gasteiger partial charge < -0.3 is 10.2 Å². The van der Waals surface area contributed by atoms with Gasteiger partial charge in [0.15, 0.2) is 0 Å². The molecule has 1 fully saturated rings. The summed E-state index contributed by atoms with van der Waals surface area (Å²) in [6.45, 7) is 7.76. The Balaban J connectivity index is 2.32. The molecule has 1 saturated carbocycles. The van der Waals surface area contributed by atoms with E-state index in [9.17, 15) is 10.1 Å². The molecule has 0 amide bonds. The smallest absolute Gasteiger partial charge is 0.276 e. The van der Waals surface area contributed by atoms with Crippen molar-refractivity contribution in [1.82, 2.24) is 4.98 Å². The third kappa shape index (κ3) is 3.59. The summed E-state index contributed by atoms with van der Waals surface area (Å²) in [5.41, 5.74) is 0.0902. The zero-order valence-corrected chi connectivity index (χ0v) is 12.3. The standard InChI is InChI=1S/C14H22N4O2/c1-4-15-13-7-12(18(19)20)8-14(16-13)17(10(2)3)9-11-5-6-11/h7-8,10-11H,4-6,9H2,1-3H3,(H,15,16). The summed E-state index contributed by atoms with van der Waals surface area (Å²) in [5.74, 6) is 1.97. The first-order valence-electron chi connectivity index (χ1n) is 7.18. The van der Waals surface area contributed by atoms with Crippen LogP contribution in [0, 0.1) is 16.0 Å². The molecule has 20 heavy (non-hydrogen) atoms. The lowest BCUT2D eigenvalue weighted by atomic mass is 10.2. The lowest BCUT2D eigenvalue weighted by molar-refractivity contribution is -0.384. The van der Waals surface area contributed by atoms with E-state index in [1.54, 1.807) is 6.07 Å². The second-order valence-electron chi connectivity index (χ2n) is 5.55. The largest absolute Gasteiger partial charge is 0.370 e. The highest BCUT2D eigenvalue weighted by Gasteiger charge is 2.27. The molecule has 6 nitrogen and oxygen atoms in total. The van der Waals surface area contributed by atoms with Crippen LogP contribution in [-0.2, 0) is 0 Å². The minimum atomic E-state index is -0.359. The maximum Gasteiger partial charge on any atom is 0.276 e. The Morgan fingerprint density at radius 3 is 2.70 bits per heavy atom. The van der Waals surface area contributed by atoms with Crippen LogP contribution >= 0.6 is 0 Å². The van der Waals surface area contributed by atoms with E-state index in [0.717, 1.165) is 6.54 Å². The molecule has 1 heterocycles. The molecule has 0 bridgehead atoms. The number of anilines is 2. The Kier molecular flexibility index (Phi) is 4.42. The predicted molar refractivity (Wildman–Crippen MR) is 80.3 cm³/mol. The van der Waals surface area contributed by atoms with Crippen LogP contribution in [0.4, 0.5) is 17.3 Å². The summed E-state index contributed by atoms with van der Waals surface area (Å²) in [4.78, 5) is 17.4. The maximum atomic E-state index is 11.1. The molecule has 1 aromatic rings. The highest BCUT2D eigenvalue weighted by molar-refractivity contribution is 5.56. The number of rotatable bonds is 7. The second-order valence-corrected chi connectivity index (χ2v) is 5.55. The summed E-state index contributed by atoms with van der Waals surface area (Å²) in [7, 11) is 0. The van der Waals surface area contributed by atoms with E-state index in [0.29, 0.717) is 24.1 Å². The first-order chi connectivity index (χ1) is 9.51. The van der Waals surface area contributed by atoms with Gasteiger partial charge in [-0.25, -0.2) is 4.98 Å². The van der Waals surface area contributed by atoms with Crippen LogP contribution in [0.25, 0.3) is 0 Å². The summed E-state index contributed by atoms with van der Waals surface area (Å²) in [6, 6.07) is 3.34. The summed E-state index contributed by atoms with van der Waals surface area (Å²) >= 11 is 0. The maximum absolute atomic E-state index is 11.1. The van der Waals surface area contributed by atoms with Crippen LogP contribution in [0.3, 0.4) is 0 Å². The second kappa shape index (κ2) is 6.07. The number of aromatic nitrogens is 1. The number of nitrogens with zero attached hydrogens (tertiary/aromatic N) is 3. The third-order valence-electron chi connectivity index (χ3n) is 3.43. The van der Waals surface area contributed by atoms with E-state index in [-0.39, 0.29) is 16.7 Å². The van der Waals surface area contributed by atoms with Crippen molar-refractivity contribution in [3.05, 3.63) is 22.2 Å². The van der Waals surface area contributed by atoms with Crippen LogP contribution < -0.4 is 10.2 Å². The van der Waals surface area contributed by atoms with Crippen molar-refractivity contribution < 1.29 is 4.92 Å². The van der Waals surface area contributed by atoms with Gasteiger partial charge in [-0.15, -0.1) is 0 Å². The van der Waals surface area contributed by atoms with Gasteiger partial charge in [0.1, 0.15) is 11.6 Å². The van der Waals surface area contributed by atoms with Crippen molar-refractivity contribution in [1.29, 1.82) is 0 Å². The molecule has 2 rings (SSSR count). The van der Waals surface area contributed by atoms with Crippen molar-refractivity contribution in [2.75, 3.05) is 23.3 Å². The van der Waals surface area contributed by atoms with E-state index < -0.39 is 0 Å². The number of nitro groups is 1. The van der Waals surface area contributed by atoms with E-state index in [1.165, 1.54) is 18.9 Å². The molecule has 6 heteroatoms. The first kappa shape index (κ1) is 14.6. The van der Waals surface area contributed by atoms with Crippen LogP contribution in [0.2, 0.25) is 0 Å². The predicted octanol–water partition coefficient (Wildman–Crippen LogP) is 3.05. The van der Waals surface area contributed by atoms with Crippen LogP contribution in [0.1, 0.15) is 33.6 Å². The average Bonchev–Trinajstić information content (AvgIpc) is 3.19. The lowest BCUT2D eigenvalue weighted by Crippen LogP contribution is -2.33. The number of pyridine rings is 1. The van der Waals surface area contributed by atoms with Gasteiger partial charge in [-0.3, -0.25) is 10.1 Å². The van der Waals surface area contributed by atoms with Crippen molar-refractivity contribution >= 4 is 17.3 Å². The van der Waals surface area contributed by atoms with Gasteiger partial charge in [0.25, 0.3) is 5.69 Å².